The maximum atomic E-state index is 13.8. The van der Waals surface area contributed by atoms with E-state index in [0.717, 1.165) is 22.5 Å². The van der Waals surface area contributed by atoms with Gasteiger partial charge in [-0.1, -0.05) is 50.2 Å². The van der Waals surface area contributed by atoms with Crippen LogP contribution in [0.1, 0.15) is 49.8 Å². The number of carbonyl (C=O) groups is 1. The number of aryl methyl sites for hydroxylation is 1. The minimum absolute atomic E-state index is 0.0574. The van der Waals surface area contributed by atoms with E-state index in [9.17, 15) is 18.0 Å². The monoisotopic (exact) mass is 416 g/mol. The Morgan fingerprint density at radius 1 is 1.00 bits per heavy atom. The van der Waals surface area contributed by atoms with Gasteiger partial charge < -0.3 is 9.88 Å². The number of benzene rings is 2. The zero-order valence-electron chi connectivity index (χ0n) is 17.6. The molecule has 0 radical (unpaired) electrons. The molecule has 2 unspecified atom stereocenters. The van der Waals surface area contributed by atoms with Gasteiger partial charge >= 0.3 is 6.18 Å². The Labute approximate surface area is 174 Å². The number of hydrogen-bond donors (Lipinski definition) is 1. The first-order valence-corrected chi connectivity index (χ1v) is 10.1. The number of nitrogens with one attached hydrogen (secondary N) is 1. The third-order valence-electron chi connectivity index (χ3n) is 5.72. The van der Waals surface area contributed by atoms with Crippen LogP contribution in [0.3, 0.4) is 0 Å². The summed E-state index contributed by atoms with van der Waals surface area (Å²) < 4.78 is 43.3. The molecule has 2 atom stereocenters. The van der Waals surface area contributed by atoms with Gasteiger partial charge in [-0.15, -0.1) is 0 Å². The zero-order chi connectivity index (χ0) is 22.1. The quantitative estimate of drug-likeness (QED) is 0.535. The number of aromatic nitrogens is 1. The molecule has 0 saturated carbocycles. The van der Waals surface area contributed by atoms with Crippen LogP contribution in [-0.4, -0.2) is 16.5 Å². The summed E-state index contributed by atoms with van der Waals surface area (Å²) in [5.74, 6) is -0.744. The number of rotatable bonds is 6. The second kappa shape index (κ2) is 8.54. The number of hydrogen-bond acceptors (Lipinski definition) is 1. The van der Waals surface area contributed by atoms with Crippen LogP contribution in [-0.2, 0) is 18.0 Å². The van der Waals surface area contributed by atoms with E-state index in [-0.39, 0.29) is 29.9 Å². The van der Waals surface area contributed by atoms with Crippen LogP contribution in [0.4, 0.5) is 13.2 Å². The average Bonchev–Trinajstić information content (AvgIpc) is 3.02. The lowest BCUT2D eigenvalue weighted by Gasteiger charge is -2.23. The highest BCUT2D eigenvalue weighted by atomic mass is 19.4. The largest absolute Gasteiger partial charge is 0.416 e. The van der Waals surface area contributed by atoms with Crippen molar-refractivity contribution < 1.29 is 18.0 Å². The van der Waals surface area contributed by atoms with Gasteiger partial charge in [0.25, 0.3) is 0 Å². The van der Waals surface area contributed by atoms with Crippen LogP contribution >= 0.6 is 0 Å². The van der Waals surface area contributed by atoms with E-state index in [0.29, 0.717) is 0 Å². The summed E-state index contributed by atoms with van der Waals surface area (Å²) in [6, 6.07) is 13.0. The molecule has 3 rings (SSSR count). The first-order valence-electron chi connectivity index (χ1n) is 10.1. The van der Waals surface area contributed by atoms with Crippen molar-refractivity contribution in [3.8, 4) is 0 Å². The van der Waals surface area contributed by atoms with Crippen molar-refractivity contribution in [1.29, 1.82) is 0 Å². The van der Waals surface area contributed by atoms with Gasteiger partial charge in [0, 0.05) is 42.5 Å². The molecule has 1 heterocycles. The molecule has 0 saturated heterocycles. The van der Waals surface area contributed by atoms with E-state index in [1.54, 1.807) is 6.07 Å². The van der Waals surface area contributed by atoms with Crippen molar-refractivity contribution in [3.05, 3.63) is 71.4 Å². The molecular formula is C24H27F3N2O. The Hall–Kier alpha value is -2.76. The molecule has 0 spiro atoms. The van der Waals surface area contributed by atoms with Crippen molar-refractivity contribution >= 4 is 16.8 Å². The van der Waals surface area contributed by atoms with Crippen LogP contribution < -0.4 is 5.32 Å². The van der Waals surface area contributed by atoms with Gasteiger partial charge in [-0.3, -0.25) is 4.79 Å². The van der Waals surface area contributed by atoms with Gasteiger partial charge in [-0.2, -0.15) is 13.2 Å². The van der Waals surface area contributed by atoms with E-state index >= 15 is 0 Å². The summed E-state index contributed by atoms with van der Waals surface area (Å²) >= 11 is 0. The van der Waals surface area contributed by atoms with E-state index in [2.05, 4.69) is 5.32 Å². The van der Waals surface area contributed by atoms with Gasteiger partial charge in [-0.05, 0) is 36.1 Å². The summed E-state index contributed by atoms with van der Waals surface area (Å²) in [4.78, 5) is 12.8. The average molecular weight is 416 g/mol. The lowest BCUT2D eigenvalue weighted by atomic mass is 9.85. The number of nitrogens with zero attached hydrogens (tertiary/aromatic N) is 1. The molecule has 0 fully saturated rings. The number of carbonyl (C=O) groups excluding carboxylic acids is 1. The minimum Gasteiger partial charge on any atom is -0.353 e. The first kappa shape index (κ1) is 21.9. The molecule has 6 heteroatoms. The molecule has 3 nitrogen and oxygen atoms in total. The molecule has 30 heavy (non-hydrogen) atoms. The zero-order valence-corrected chi connectivity index (χ0v) is 17.6. The Morgan fingerprint density at radius 3 is 2.30 bits per heavy atom. The molecule has 160 valence electrons. The van der Waals surface area contributed by atoms with E-state index in [1.165, 1.54) is 12.1 Å². The molecule has 2 aromatic carbocycles. The summed E-state index contributed by atoms with van der Waals surface area (Å²) in [5.41, 5.74) is 1.05. The Morgan fingerprint density at radius 2 is 1.63 bits per heavy atom. The highest BCUT2D eigenvalue weighted by Crippen LogP contribution is 2.41. The summed E-state index contributed by atoms with van der Waals surface area (Å²) in [6.45, 7) is 5.89. The lowest BCUT2D eigenvalue weighted by molar-refractivity contribution is -0.138. The van der Waals surface area contributed by atoms with Crippen LogP contribution in [0.25, 0.3) is 10.9 Å². The molecule has 0 bridgehead atoms. The summed E-state index contributed by atoms with van der Waals surface area (Å²) in [5, 5.41) is 3.79. The molecule has 0 aliphatic heterocycles. The first-order chi connectivity index (χ1) is 14.1. The lowest BCUT2D eigenvalue weighted by Crippen LogP contribution is -2.37. The fraction of sp³-hybridized carbons (Fsp3) is 0.375. The highest BCUT2D eigenvalue weighted by Gasteiger charge is 2.36. The standard InChI is InChI=1S/C24H27F3N2O/c1-15(2)16(3)28-23(30)13-19(17-9-5-7-11-21(17)24(25,26)27)20-14-29(4)22-12-8-6-10-18(20)22/h5-12,14-16,19H,13H2,1-4H3,(H,28,30). The number of fused-ring (bicyclic) bond motifs is 1. The van der Waals surface area contributed by atoms with Crippen LogP contribution in [0.15, 0.2) is 54.7 Å². The third-order valence-corrected chi connectivity index (χ3v) is 5.72. The molecule has 1 amide bonds. The fourth-order valence-corrected chi connectivity index (χ4v) is 3.76. The predicted octanol–water partition coefficient (Wildman–Crippen LogP) is 5.88. The second-order valence-corrected chi connectivity index (χ2v) is 8.15. The van der Waals surface area contributed by atoms with Crippen LogP contribution in [0.2, 0.25) is 0 Å². The minimum atomic E-state index is -4.50. The maximum Gasteiger partial charge on any atom is 0.416 e. The third kappa shape index (κ3) is 4.53. The van der Waals surface area contributed by atoms with Gasteiger partial charge in [-0.25, -0.2) is 0 Å². The molecule has 3 aromatic rings. The van der Waals surface area contributed by atoms with Crippen molar-refractivity contribution in [2.24, 2.45) is 13.0 Å². The van der Waals surface area contributed by atoms with Gasteiger partial charge in [0.05, 0.1) is 5.56 Å². The Balaban J connectivity index is 2.12. The topological polar surface area (TPSA) is 34.0 Å². The normalized spacial score (nSPS) is 14.1. The molecule has 1 N–H and O–H groups in total. The van der Waals surface area contributed by atoms with Crippen LogP contribution in [0.5, 0.6) is 0 Å². The van der Waals surface area contributed by atoms with Gasteiger partial charge in [0.2, 0.25) is 5.91 Å². The van der Waals surface area contributed by atoms with Gasteiger partial charge in [0.1, 0.15) is 0 Å². The Bertz CT molecular complexity index is 1040. The number of alkyl halides is 3. The van der Waals surface area contributed by atoms with Crippen molar-refractivity contribution in [2.75, 3.05) is 0 Å². The number of amides is 1. The molecule has 0 aliphatic rings. The summed E-state index contributed by atoms with van der Waals surface area (Å²) in [6.07, 6.45) is -2.72. The van der Waals surface area contributed by atoms with Crippen LogP contribution in [0, 0.1) is 5.92 Å². The van der Waals surface area contributed by atoms with E-state index < -0.39 is 17.7 Å². The molecular weight excluding hydrogens is 389 g/mol. The summed E-state index contributed by atoms with van der Waals surface area (Å²) in [7, 11) is 1.86. The van der Waals surface area contributed by atoms with Crippen molar-refractivity contribution in [2.45, 2.75) is 45.3 Å². The smallest absolute Gasteiger partial charge is 0.353 e. The van der Waals surface area contributed by atoms with Crippen molar-refractivity contribution in [1.82, 2.24) is 9.88 Å². The highest BCUT2D eigenvalue weighted by molar-refractivity contribution is 5.86. The molecule has 1 aromatic heterocycles. The van der Waals surface area contributed by atoms with E-state index in [1.807, 2.05) is 62.8 Å². The SMILES string of the molecule is CC(C)C(C)NC(=O)CC(c1ccccc1C(F)(F)F)c1cn(C)c2ccccc12. The number of para-hydroxylation sites is 1. The fourth-order valence-electron chi connectivity index (χ4n) is 3.76. The molecule has 0 aliphatic carbocycles. The van der Waals surface area contributed by atoms with Crippen molar-refractivity contribution in [3.63, 3.8) is 0 Å². The maximum absolute atomic E-state index is 13.8. The van der Waals surface area contributed by atoms with E-state index in [4.69, 9.17) is 0 Å². The van der Waals surface area contributed by atoms with Gasteiger partial charge in [0.15, 0.2) is 0 Å². The second-order valence-electron chi connectivity index (χ2n) is 8.15. The predicted molar refractivity (Wildman–Crippen MR) is 113 cm³/mol. The number of halogens is 3. The Kier molecular flexibility index (Phi) is 6.25.